The summed E-state index contributed by atoms with van der Waals surface area (Å²) in [6.07, 6.45) is 0. The molecule has 0 radical (unpaired) electrons. The van der Waals surface area contributed by atoms with Crippen LogP contribution < -0.4 is 19.5 Å². The summed E-state index contributed by atoms with van der Waals surface area (Å²) in [6, 6.07) is 19.5. The zero-order valence-electron chi connectivity index (χ0n) is 22.1. The van der Waals surface area contributed by atoms with Gasteiger partial charge in [0.2, 0.25) is 5.88 Å². The van der Waals surface area contributed by atoms with Crippen molar-refractivity contribution in [2.45, 2.75) is 0 Å². The van der Waals surface area contributed by atoms with Crippen LogP contribution in [0.25, 0.3) is 22.5 Å². The van der Waals surface area contributed by atoms with Gasteiger partial charge in [0, 0.05) is 17.2 Å². The number of nitro benzene ring substituents is 1. The number of ether oxygens (including phenoxy) is 4. The number of nitrogens with zero attached hydrogens (tertiary/aromatic N) is 2. The molecule has 41 heavy (non-hydrogen) atoms. The van der Waals surface area contributed by atoms with Crippen molar-refractivity contribution in [3.63, 3.8) is 0 Å². The Labute approximate surface area is 233 Å². The number of hydrogen-bond acceptors (Lipinski definition) is 10. The quantitative estimate of drug-likeness (QED) is 0.155. The van der Waals surface area contributed by atoms with Gasteiger partial charge in [-0.2, -0.15) is 5.26 Å². The Morgan fingerprint density at radius 3 is 2.07 bits per heavy atom. The van der Waals surface area contributed by atoms with Crippen molar-refractivity contribution in [1.29, 1.82) is 5.26 Å². The molecule has 0 saturated heterocycles. The Kier molecular flexibility index (Phi) is 8.49. The first kappa shape index (κ1) is 28.2. The van der Waals surface area contributed by atoms with E-state index in [0.29, 0.717) is 33.9 Å². The number of anilines is 1. The highest BCUT2D eigenvalue weighted by Gasteiger charge is 2.25. The van der Waals surface area contributed by atoms with E-state index in [1.54, 1.807) is 48.5 Å². The average Bonchev–Trinajstić information content (AvgIpc) is 3.37. The second-order valence-corrected chi connectivity index (χ2v) is 8.35. The molecule has 4 rings (SSSR count). The normalized spacial score (nSPS) is 10.3. The van der Waals surface area contributed by atoms with Crippen molar-refractivity contribution in [2.75, 3.05) is 33.3 Å². The molecule has 0 bridgehead atoms. The van der Waals surface area contributed by atoms with E-state index in [0.717, 1.165) is 6.07 Å². The molecule has 0 aliphatic heterocycles. The Morgan fingerprint density at radius 1 is 0.927 bits per heavy atom. The van der Waals surface area contributed by atoms with E-state index in [2.05, 4.69) is 11.4 Å². The number of methoxy groups -OCH3 is 3. The summed E-state index contributed by atoms with van der Waals surface area (Å²) >= 11 is 0. The Hall–Kier alpha value is -5.83. The lowest BCUT2D eigenvalue weighted by Crippen LogP contribution is -2.21. The van der Waals surface area contributed by atoms with Crippen LogP contribution in [0.15, 0.2) is 71.1 Å². The second-order valence-electron chi connectivity index (χ2n) is 8.35. The minimum Gasteiger partial charge on any atom is -0.497 e. The smallest absolute Gasteiger partial charge is 0.338 e. The summed E-state index contributed by atoms with van der Waals surface area (Å²) in [6.45, 7) is -0.750. The maximum Gasteiger partial charge on any atom is 0.338 e. The number of esters is 1. The molecule has 1 heterocycles. The molecule has 0 spiro atoms. The van der Waals surface area contributed by atoms with Gasteiger partial charge >= 0.3 is 11.7 Å². The summed E-state index contributed by atoms with van der Waals surface area (Å²) in [5.41, 5.74) is 1.14. The molecule has 3 aromatic carbocycles. The first-order chi connectivity index (χ1) is 19.8. The monoisotopic (exact) mass is 557 g/mol. The molecule has 4 aromatic rings. The minimum atomic E-state index is -0.969. The third kappa shape index (κ3) is 6.10. The van der Waals surface area contributed by atoms with Gasteiger partial charge in [-0.1, -0.05) is 12.1 Å². The van der Waals surface area contributed by atoms with Gasteiger partial charge in [0.05, 0.1) is 31.8 Å². The van der Waals surface area contributed by atoms with E-state index in [9.17, 15) is 25.0 Å². The highest BCUT2D eigenvalue weighted by molar-refractivity contribution is 5.98. The predicted molar refractivity (Wildman–Crippen MR) is 146 cm³/mol. The van der Waals surface area contributed by atoms with Gasteiger partial charge < -0.3 is 23.4 Å². The lowest BCUT2D eigenvalue weighted by molar-refractivity contribution is -0.385. The summed E-state index contributed by atoms with van der Waals surface area (Å²) in [5.74, 6) is -0.412. The minimum absolute atomic E-state index is 0.0357. The molecule has 12 nitrogen and oxygen atoms in total. The van der Waals surface area contributed by atoms with Gasteiger partial charge in [0.1, 0.15) is 28.9 Å². The van der Waals surface area contributed by atoms with Crippen LogP contribution in [0.5, 0.6) is 17.2 Å². The first-order valence-corrected chi connectivity index (χ1v) is 11.9. The van der Waals surface area contributed by atoms with Crippen LogP contribution >= 0.6 is 0 Å². The van der Waals surface area contributed by atoms with Crippen molar-refractivity contribution in [1.82, 2.24) is 0 Å². The highest BCUT2D eigenvalue weighted by atomic mass is 16.6. The molecule has 208 valence electrons. The molecule has 0 aliphatic rings. The Balaban J connectivity index is 1.61. The summed E-state index contributed by atoms with van der Waals surface area (Å²) in [5, 5.41) is 23.8. The van der Waals surface area contributed by atoms with Crippen molar-refractivity contribution >= 4 is 23.4 Å². The summed E-state index contributed by atoms with van der Waals surface area (Å²) < 4.78 is 26.4. The van der Waals surface area contributed by atoms with Gasteiger partial charge in [-0.05, 0) is 54.1 Å². The van der Waals surface area contributed by atoms with Crippen LogP contribution in [0, 0.1) is 21.4 Å². The number of furan rings is 1. The molecule has 0 unspecified atom stereocenters. The maximum atomic E-state index is 12.7. The number of carbonyl (C=O) groups excluding carboxylic acids is 2. The van der Waals surface area contributed by atoms with Crippen LogP contribution in [0.4, 0.5) is 11.6 Å². The molecule has 12 heteroatoms. The maximum absolute atomic E-state index is 12.7. The Morgan fingerprint density at radius 2 is 1.54 bits per heavy atom. The van der Waals surface area contributed by atoms with Crippen LogP contribution in [0.3, 0.4) is 0 Å². The SMILES string of the molecule is COc1ccc(-c2oc(NC(=O)COC(=O)c3ccc(OC)c([N+](=O)[O-])c3)c(C#N)c2-c2ccc(OC)cc2)cc1. The third-order valence-electron chi connectivity index (χ3n) is 5.95. The van der Waals surface area contributed by atoms with Crippen LogP contribution in [0.2, 0.25) is 0 Å². The largest absolute Gasteiger partial charge is 0.497 e. The predicted octanol–water partition coefficient (Wildman–Crippen LogP) is 5.21. The lowest BCUT2D eigenvalue weighted by Gasteiger charge is -2.07. The van der Waals surface area contributed by atoms with Gasteiger partial charge in [-0.25, -0.2) is 4.79 Å². The standard InChI is InChI=1S/C29H23N3O9/c1-37-20-9-4-17(5-10-20)26-22(15-30)28(41-27(26)18-6-11-21(38-2)12-7-18)31-25(33)16-40-29(34)19-8-13-24(39-3)23(14-19)32(35)36/h4-14H,16H2,1-3H3,(H,31,33). The second kappa shape index (κ2) is 12.4. The molecular formula is C29H23N3O9. The van der Waals surface area contributed by atoms with Crippen LogP contribution in [-0.2, 0) is 9.53 Å². The zero-order valence-corrected chi connectivity index (χ0v) is 22.1. The van der Waals surface area contributed by atoms with Gasteiger partial charge in [-0.3, -0.25) is 20.2 Å². The number of carbonyl (C=O) groups is 2. The molecule has 1 N–H and O–H groups in total. The topological polar surface area (TPSA) is 163 Å². The number of nitrogens with one attached hydrogen (secondary N) is 1. The van der Waals surface area contributed by atoms with E-state index >= 15 is 0 Å². The van der Waals surface area contributed by atoms with Gasteiger partial charge in [-0.15, -0.1) is 0 Å². The number of amides is 1. The van der Waals surface area contributed by atoms with Crippen molar-refractivity contribution in [2.24, 2.45) is 0 Å². The molecule has 0 atom stereocenters. The number of rotatable bonds is 10. The fourth-order valence-corrected chi connectivity index (χ4v) is 3.94. The molecule has 1 aromatic heterocycles. The van der Waals surface area contributed by atoms with Crippen LogP contribution in [-0.4, -0.2) is 44.7 Å². The van der Waals surface area contributed by atoms with E-state index in [4.69, 9.17) is 23.4 Å². The highest BCUT2D eigenvalue weighted by Crippen LogP contribution is 2.42. The van der Waals surface area contributed by atoms with E-state index < -0.39 is 29.1 Å². The molecule has 0 fully saturated rings. The number of hydrogen-bond donors (Lipinski definition) is 1. The summed E-state index contributed by atoms with van der Waals surface area (Å²) in [4.78, 5) is 35.7. The number of benzene rings is 3. The van der Waals surface area contributed by atoms with Crippen molar-refractivity contribution < 1.29 is 37.9 Å². The number of nitriles is 1. The molecule has 0 aliphatic carbocycles. The molecular weight excluding hydrogens is 534 g/mol. The van der Waals surface area contributed by atoms with Gasteiger partial charge in [0.25, 0.3) is 5.91 Å². The van der Waals surface area contributed by atoms with Crippen LogP contribution in [0.1, 0.15) is 15.9 Å². The fourth-order valence-electron chi connectivity index (χ4n) is 3.94. The van der Waals surface area contributed by atoms with Crippen molar-refractivity contribution in [3.8, 4) is 45.8 Å². The van der Waals surface area contributed by atoms with E-state index in [-0.39, 0.29) is 22.8 Å². The average molecular weight is 558 g/mol. The number of nitro groups is 1. The fraction of sp³-hybridized carbons (Fsp3) is 0.138. The zero-order chi connectivity index (χ0) is 29.5. The van der Waals surface area contributed by atoms with Crippen molar-refractivity contribution in [3.05, 3.63) is 88.0 Å². The molecule has 0 saturated carbocycles. The molecule has 1 amide bonds. The first-order valence-electron chi connectivity index (χ1n) is 11.9. The van der Waals surface area contributed by atoms with Gasteiger partial charge in [0.15, 0.2) is 12.4 Å². The lowest BCUT2D eigenvalue weighted by atomic mass is 9.98. The summed E-state index contributed by atoms with van der Waals surface area (Å²) in [7, 11) is 4.33. The van der Waals surface area contributed by atoms with E-state index in [1.165, 1.54) is 33.5 Å². The van der Waals surface area contributed by atoms with E-state index in [1.807, 2.05) is 0 Å². The third-order valence-corrected chi connectivity index (χ3v) is 5.95. The Bertz CT molecular complexity index is 1640.